The van der Waals surface area contributed by atoms with Crippen LogP contribution in [0.1, 0.15) is 21.5 Å². The summed E-state index contributed by atoms with van der Waals surface area (Å²) in [6, 6.07) is 21.5. The van der Waals surface area contributed by atoms with E-state index in [4.69, 9.17) is 0 Å². The van der Waals surface area contributed by atoms with Crippen LogP contribution in [0.15, 0.2) is 72.8 Å². The molecule has 0 aromatic heterocycles. The Morgan fingerprint density at radius 1 is 0.880 bits per heavy atom. The van der Waals surface area contributed by atoms with Crippen molar-refractivity contribution in [2.75, 3.05) is 5.32 Å². The Morgan fingerprint density at radius 3 is 2.36 bits per heavy atom. The van der Waals surface area contributed by atoms with Crippen LogP contribution in [0, 0.1) is 5.82 Å². The molecule has 0 atom stereocenters. The van der Waals surface area contributed by atoms with Gasteiger partial charge in [-0.2, -0.15) is 0 Å². The van der Waals surface area contributed by atoms with Crippen molar-refractivity contribution in [1.29, 1.82) is 0 Å². The second-order valence-corrected chi connectivity index (χ2v) is 5.81. The zero-order chi connectivity index (χ0) is 17.6. The molecule has 0 fully saturated rings. The molecule has 0 heterocycles. The lowest BCUT2D eigenvalue weighted by Gasteiger charge is -2.11. The molecule has 0 saturated carbocycles. The first-order valence-corrected chi connectivity index (χ1v) is 8.04. The number of carbonyl (C=O) groups is 1. The van der Waals surface area contributed by atoms with Crippen LogP contribution in [-0.2, 0) is 12.8 Å². The van der Waals surface area contributed by atoms with Crippen LogP contribution >= 0.6 is 0 Å². The van der Waals surface area contributed by atoms with Gasteiger partial charge in [0.2, 0.25) is 0 Å². The summed E-state index contributed by atoms with van der Waals surface area (Å²) in [6.45, 7) is 0. The first-order chi connectivity index (χ1) is 12.1. The van der Waals surface area contributed by atoms with Crippen molar-refractivity contribution in [2.24, 2.45) is 0 Å². The van der Waals surface area contributed by atoms with Crippen LogP contribution < -0.4 is 5.32 Å². The van der Waals surface area contributed by atoms with Gasteiger partial charge in [-0.3, -0.25) is 0 Å². The predicted molar refractivity (Wildman–Crippen MR) is 96.9 cm³/mol. The van der Waals surface area contributed by atoms with E-state index in [2.05, 4.69) is 17.4 Å². The zero-order valence-electron chi connectivity index (χ0n) is 13.6. The predicted octanol–water partition coefficient (Wildman–Crippen LogP) is 5.05. The number of carboxylic acids is 1. The van der Waals surface area contributed by atoms with E-state index in [9.17, 15) is 14.3 Å². The molecule has 0 aliphatic rings. The summed E-state index contributed by atoms with van der Waals surface area (Å²) < 4.78 is 13.5. The summed E-state index contributed by atoms with van der Waals surface area (Å²) in [5, 5.41) is 12.2. The third-order valence-electron chi connectivity index (χ3n) is 3.96. The van der Waals surface area contributed by atoms with Gasteiger partial charge in [0.1, 0.15) is 5.82 Å². The average Bonchev–Trinajstić information content (AvgIpc) is 2.61. The largest absolute Gasteiger partial charge is 0.478 e. The van der Waals surface area contributed by atoms with E-state index in [0.29, 0.717) is 0 Å². The Morgan fingerprint density at radius 2 is 1.60 bits per heavy atom. The lowest BCUT2D eigenvalue weighted by atomic mass is 10.0. The Kier molecular flexibility index (Phi) is 5.09. The average molecular weight is 335 g/mol. The van der Waals surface area contributed by atoms with E-state index < -0.39 is 11.8 Å². The van der Waals surface area contributed by atoms with Gasteiger partial charge in [-0.05, 0) is 54.3 Å². The number of hydrogen-bond donors (Lipinski definition) is 2. The highest BCUT2D eigenvalue weighted by atomic mass is 19.1. The lowest BCUT2D eigenvalue weighted by molar-refractivity contribution is 0.0698. The minimum atomic E-state index is -1.09. The summed E-state index contributed by atoms with van der Waals surface area (Å²) >= 11 is 0. The molecule has 0 aliphatic heterocycles. The number of aryl methyl sites for hydroxylation is 2. The molecule has 0 spiro atoms. The van der Waals surface area contributed by atoms with E-state index in [1.54, 1.807) is 0 Å². The molecule has 3 rings (SSSR count). The monoisotopic (exact) mass is 335 g/mol. The summed E-state index contributed by atoms with van der Waals surface area (Å²) in [7, 11) is 0. The van der Waals surface area contributed by atoms with Crippen molar-refractivity contribution in [3.63, 3.8) is 0 Å². The third kappa shape index (κ3) is 4.44. The number of hydrogen-bond acceptors (Lipinski definition) is 2. The zero-order valence-corrected chi connectivity index (χ0v) is 13.6. The first kappa shape index (κ1) is 16.7. The minimum Gasteiger partial charge on any atom is -0.478 e. The topological polar surface area (TPSA) is 49.3 Å². The maximum Gasteiger partial charge on any atom is 0.337 e. The van der Waals surface area contributed by atoms with E-state index in [1.807, 2.05) is 42.5 Å². The van der Waals surface area contributed by atoms with Gasteiger partial charge in [-0.1, -0.05) is 42.5 Å². The fourth-order valence-electron chi connectivity index (χ4n) is 2.70. The Balaban J connectivity index is 1.76. The van der Waals surface area contributed by atoms with Crippen molar-refractivity contribution in [2.45, 2.75) is 12.8 Å². The Bertz CT molecular complexity index is 878. The fraction of sp³-hybridized carbons (Fsp3) is 0.0952. The van der Waals surface area contributed by atoms with Gasteiger partial charge in [-0.25, -0.2) is 9.18 Å². The van der Waals surface area contributed by atoms with Gasteiger partial charge >= 0.3 is 5.97 Å². The SMILES string of the molecule is O=C(O)c1ccc(F)cc1Nc1cccc(CCc2ccccc2)c1. The third-order valence-corrected chi connectivity index (χ3v) is 3.96. The molecular formula is C21H18FNO2. The maximum atomic E-state index is 13.5. The molecule has 0 bridgehead atoms. The van der Waals surface area contributed by atoms with Gasteiger partial charge in [0.25, 0.3) is 0 Å². The molecule has 126 valence electrons. The second kappa shape index (κ2) is 7.62. The van der Waals surface area contributed by atoms with E-state index in [-0.39, 0.29) is 11.3 Å². The van der Waals surface area contributed by atoms with E-state index in [0.717, 1.165) is 30.2 Å². The summed E-state index contributed by atoms with van der Waals surface area (Å²) in [5.41, 5.74) is 3.41. The highest BCUT2D eigenvalue weighted by Crippen LogP contribution is 2.23. The fourth-order valence-corrected chi connectivity index (χ4v) is 2.70. The molecule has 4 heteroatoms. The Labute approximate surface area is 145 Å². The molecule has 0 amide bonds. The van der Waals surface area contributed by atoms with Gasteiger partial charge in [0.15, 0.2) is 0 Å². The number of anilines is 2. The van der Waals surface area contributed by atoms with Gasteiger partial charge < -0.3 is 10.4 Å². The van der Waals surface area contributed by atoms with E-state index in [1.165, 1.54) is 17.7 Å². The van der Waals surface area contributed by atoms with Gasteiger partial charge in [0.05, 0.1) is 11.3 Å². The van der Waals surface area contributed by atoms with Crippen LogP contribution in [0.4, 0.5) is 15.8 Å². The van der Waals surface area contributed by atoms with Crippen molar-refractivity contribution < 1.29 is 14.3 Å². The molecule has 3 nitrogen and oxygen atoms in total. The number of carboxylic acid groups (broad SMARTS) is 1. The standard InChI is InChI=1S/C21H18FNO2/c22-17-11-12-19(21(24)25)20(14-17)23-18-8-4-7-16(13-18)10-9-15-5-2-1-3-6-15/h1-8,11-14,23H,9-10H2,(H,24,25). The van der Waals surface area contributed by atoms with Crippen LogP contribution in [0.5, 0.6) is 0 Å². The second-order valence-electron chi connectivity index (χ2n) is 5.81. The number of halogens is 1. The normalized spacial score (nSPS) is 10.4. The molecule has 2 N–H and O–H groups in total. The van der Waals surface area contributed by atoms with Crippen LogP contribution in [0.2, 0.25) is 0 Å². The molecular weight excluding hydrogens is 317 g/mol. The number of nitrogens with one attached hydrogen (secondary N) is 1. The smallest absolute Gasteiger partial charge is 0.337 e. The van der Waals surface area contributed by atoms with Crippen LogP contribution in [0.3, 0.4) is 0 Å². The summed E-state index contributed by atoms with van der Waals surface area (Å²) in [4.78, 5) is 11.3. The number of rotatable bonds is 6. The quantitative estimate of drug-likeness (QED) is 0.662. The van der Waals surface area contributed by atoms with Crippen molar-refractivity contribution >= 4 is 17.3 Å². The first-order valence-electron chi connectivity index (χ1n) is 8.04. The highest BCUT2D eigenvalue weighted by Gasteiger charge is 2.11. The molecule has 3 aromatic rings. The summed E-state index contributed by atoms with van der Waals surface area (Å²) in [6.07, 6.45) is 1.79. The molecule has 3 aromatic carbocycles. The molecule has 0 aliphatic carbocycles. The van der Waals surface area contributed by atoms with Crippen LogP contribution in [-0.4, -0.2) is 11.1 Å². The summed E-state index contributed by atoms with van der Waals surface area (Å²) in [5.74, 6) is -1.57. The lowest BCUT2D eigenvalue weighted by Crippen LogP contribution is -2.03. The van der Waals surface area contributed by atoms with Crippen molar-refractivity contribution in [3.05, 3.63) is 95.3 Å². The van der Waals surface area contributed by atoms with Crippen molar-refractivity contribution in [1.82, 2.24) is 0 Å². The molecule has 0 unspecified atom stereocenters. The van der Waals surface area contributed by atoms with Crippen molar-refractivity contribution in [3.8, 4) is 0 Å². The van der Waals surface area contributed by atoms with Crippen LogP contribution in [0.25, 0.3) is 0 Å². The minimum absolute atomic E-state index is 0.0380. The number of aromatic carboxylic acids is 1. The molecule has 0 saturated heterocycles. The maximum absolute atomic E-state index is 13.5. The molecule has 0 radical (unpaired) electrons. The highest BCUT2D eigenvalue weighted by molar-refractivity contribution is 5.95. The van der Waals surface area contributed by atoms with E-state index >= 15 is 0 Å². The van der Waals surface area contributed by atoms with Gasteiger partial charge in [-0.15, -0.1) is 0 Å². The molecule has 25 heavy (non-hydrogen) atoms. The number of benzene rings is 3. The van der Waals surface area contributed by atoms with Gasteiger partial charge in [0, 0.05) is 5.69 Å². The Hall–Kier alpha value is -3.14.